The van der Waals surface area contributed by atoms with Crippen LogP contribution in [0, 0.1) is 0 Å². The number of nitrogens with one attached hydrogen (secondary N) is 3. The lowest BCUT2D eigenvalue weighted by atomic mass is 10.3. The van der Waals surface area contributed by atoms with Gasteiger partial charge in [-0.3, -0.25) is 4.79 Å². The number of aromatic nitrogens is 1. The summed E-state index contributed by atoms with van der Waals surface area (Å²) in [5, 5.41) is 6.82. The summed E-state index contributed by atoms with van der Waals surface area (Å²) in [6, 6.07) is 5.03. The average Bonchev–Trinajstić information content (AvgIpc) is 2.99. The molecule has 10 heteroatoms. The lowest BCUT2D eigenvalue weighted by Crippen LogP contribution is -2.46. The van der Waals surface area contributed by atoms with Gasteiger partial charge in [0.05, 0.1) is 0 Å². The molecule has 1 aliphatic rings. The van der Waals surface area contributed by atoms with Gasteiger partial charge < -0.3 is 20.9 Å². The van der Waals surface area contributed by atoms with E-state index in [1.165, 1.54) is 0 Å². The fourth-order valence-corrected chi connectivity index (χ4v) is 2.32. The first-order valence-electron chi connectivity index (χ1n) is 7.41. The first-order valence-corrected chi connectivity index (χ1v) is 7.41. The minimum absolute atomic E-state index is 0.0724. The van der Waals surface area contributed by atoms with Crippen LogP contribution in [-0.2, 0) is 4.79 Å². The highest BCUT2D eigenvalue weighted by Gasteiger charge is 2.38. The van der Waals surface area contributed by atoms with Crippen LogP contribution in [0.5, 0.6) is 0 Å². The van der Waals surface area contributed by atoms with Crippen LogP contribution < -0.4 is 20.9 Å². The predicted octanol–water partition coefficient (Wildman–Crippen LogP) is 0.638. The van der Waals surface area contributed by atoms with Crippen LogP contribution in [0.25, 0.3) is 0 Å². The van der Waals surface area contributed by atoms with Gasteiger partial charge in [-0.05, 0) is 18.6 Å². The molecular weight excluding hydrogens is 327 g/mol. The van der Waals surface area contributed by atoms with E-state index < -0.39 is 18.1 Å². The minimum atomic E-state index is -4.92. The van der Waals surface area contributed by atoms with E-state index in [-0.39, 0.29) is 19.1 Å². The summed E-state index contributed by atoms with van der Waals surface area (Å²) < 4.78 is 35.9. The van der Waals surface area contributed by atoms with Crippen molar-refractivity contribution in [3.05, 3.63) is 24.4 Å². The Morgan fingerprint density at radius 3 is 2.67 bits per heavy atom. The molecule has 1 aromatic heterocycles. The molecule has 2 rings (SSSR count). The van der Waals surface area contributed by atoms with Crippen LogP contribution in [0.3, 0.4) is 0 Å². The molecule has 0 aliphatic carbocycles. The highest BCUT2D eigenvalue weighted by Crippen LogP contribution is 2.17. The van der Waals surface area contributed by atoms with Gasteiger partial charge in [0, 0.05) is 38.4 Å². The standard InChI is InChI=1S/C14H18F3N5O2/c15-14(16,17)12(23)19-6-7-20-13(24)21-10-4-8-22(9-10)11-3-1-2-5-18-11/h1-3,5,10H,4,6-9H2,(H,19,23)(H2,20,21,24)/t10-/m1/s1. The van der Waals surface area contributed by atoms with E-state index in [9.17, 15) is 22.8 Å². The Bertz CT molecular complexity index is 567. The SMILES string of the molecule is O=C(NCCNC(=O)C(F)(F)F)N[C@@H]1CCN(c2ccccn2)C1. The van der Waals surface area contributed by atoms with Crippen LogP contribution in [0.15, 0.2) is 24.4 Å². The first-order chi connectivity index (χ1) is 11.4. The van der Waals surface area contributed by atoms with Crippen molar-refractivity contribution in [1.82, 2.24) is 20.9 Å². The molecule has 0 unspecified atom stereocenters. The number of pyridine rings is 1. The largest absolute Gasteiger partial charge is 0.471 e. The Kier molecular flexibility index (Phi) is 5.83. The summed E-state index contributed by atoms with van der Waals surface area (Å²) in [6.07, 6.45) is -2.48. The number of anilines is 1. The van der Waals surface area contributed by atoms with Crippen molar-refractivity contribution in [2.75, 3.05) is 31.1 Å². The zero-order valence-electron chi connectivity index (χ0n) is 12.8. The number of carbonyl (C=O) groups is 2. The van der Waals surface area contributed by atoms with Crippen LogP contribution in [-0.4, -0.2) is 55.3 Å². The molecule has 24 heavy (non-hydrogen) atoms. The van der Waals surface area contributed by atoms with Crippen LogP contribution >= 0.6 is 0 Å². The molecule has 0 saturated carbocycles. The van der Waals surface area contributed by atoms with Crippen LogP contribution in [0.1, 0.15) is 6.42 Å². The van der Waals surface area contributed by atoms with Gasteiger partial charge in [0.2, 0.25) is 0 Å². The summed E-state index contributed by atoms with van der Waals surface area (Å²) in [7, 11) is 0. The van der Waals surface area contributed by atoms with Crippen molar-refractivity contribution >= 4 is 17.8 Å². The lowest BCUT2D eigenvalue weighted by Gasteiger charge is -2.18. The molecule has 7 nitrogen and oxygen atoms in total. The normalized spacial score (nSPS) is 17.5. The summed E-state index contributed by atoms with van der Waals surface area (Å²) in [4.78, 5) is 28.5. The van der Waals surface area contributed by atoms with Crippen molar-refractivity contribution in [2.24, 2.45) is 0 Å². The highest BCUT2D eigenvalue weighted by atomic mass is 19.4. The van der Waals surface area contributed by atoms with Crippen molar-refractivity contribution in [2.45, 2.75) is 18.6 Å². The molecule has 0 spiro atoms. The molecule has 0 bridgehead atoms. The third-order valence-corrected chi connectivity index (χ3v) is 3.45. The number of hydrogen-bond acceptors (Lipinski definition) is 4. The summed E-state index contributed by atoms with van der Waals surface area (Å²) in [6.45, 7) is 0.972. The van der Waals surface area contributed by atoms with Crippen molar-refractivity contribution in [3.8, 4) is 0 Å². The molecular formula is C14H18F3N5O2. The number of halogens is 3. The van der Waals surface area contributed by atoms with Gasteiger partial charge in [-0.1, -0.05) is 6.07 Å². The molecule has 132 valence electrons. The summed E-state index contributed by atoms with van der Waals surface area (Å²) >= 11 is 0. The van der Waals surface area contributed by atoms with Crippen LogP contribution in [0.2, 0.25) is 0 Å². The summed E-state index contributed by atoms with van der Waals surface area (Å²) in [5.74, 6) is -1.19. The van der Waals surface area contributed by atoms with Crippen molar-refractivity contribution < 1.29 is 22.8 Å². The highest BCUT2D eigenvalue weighted by molar-refractivity contribution is 5.81. The number of hydrogen-bond donors (Lipinski definition) is 3. The molecule has 1 fully saturated rings. The average molecular weight is 345 g/mol. The van der Waals surface area contributed by atoms with Gasteiger partial charge in [-0.25, -0.2) is 9.78 Å². The number of amides is 3. The van der Waals surface area contributed by atoms with E-state index in [2.05, 4.69) is 15.6 Å². The van der Waals surface area contributed by atoms with E-state index in [0.717, 1.165) is 18.8 Å². The number of nitrogens with zero attached hydrogens (tertiary/aromatic N) is 2. The number of rotatable bonds is 5. The lowest BCUT2D eigenvalue weighted by molar-refractivity contribution is -0.173. The maximum atomic E-state index is 12.0. The fraction of sp³-hybridized carbons (Fsp3) is 0.500. The second kappa shape index (κ2) is 7.84. The zero-order chi connectivity index (χ0) is 17.6. The van der Waals surface area contributed by atoms with E-state index in [1.54, 1.807) is 11.5 Å². The predicted molar refractivity (Wildman–Crippen MR) is 80.5 cm³/mol. The molecule has 3 N–H and O–H groups in total. The number of alkyl halides is 3. The van der Waals surface area contributed by atoms with E-state index in [4.69, 9.17) is 0 Å². The molecule has 1 atom stereocenters. The molecule has 1 aromatic rings. The van der Waals surface area contributed by atoms with Gasteiger partial charge in [-0.15, -0.1) is 0 Å². The topological polar surface area (TPSA) is 86.4 Å². The van der Waals surface area contributed by atoms with E-state index in [0.29, 0.717) is 6.54 Å². The monoisotopic (exact) mass is 345 g/mol. The Labute approximate surface area is 136 Å². The Balaban J connectivity index is 1.64. The number of carbonyl (C=O) groups excluding carboxylic acids is 2. The smallest absolute Gasteiger partial charge is 0.354 e. The Morgan fingerprint density at radius 2 is 2.00 bits per heavy atom. The van der Waals surface area contributed by atoms with E-state index in [1.807, 2.05) is 23.1 Å². The third-order valence-electron chi connectivity index (χ3n) is 3.45. The Morgan fingerprint density at radius 1 is 1.25 bits per heavy atom. The molecule has 1 aliphatic heterocycles. The van der Waals surface area contributed by atoms with Crippen molar-refractivity contribution in [3.63, 3.8) is 0 Å². The second-order valence-corrected chi connectivity index (χ2v) is 5.27. The van der Waals surface area contributed by atoms with Gasteiger partial charge in [0.15, 0.2) is 0 Å². The second-order valence-electron chi connectivity index (χ2n) is 5.27. The molecule has 1 saturated heterocycles. The summed E-state index contributed by atoms with van der Waals surface area (Å²) in [5.41, 5.74) is 0. The van der Waals surface area contributed by atoms with Crippen LogP contribution in [0.4, 0.5) is 23.8 Å². The van der Waals surface area contributed by atoms with Gasteiger partial charge >= 0.3 is 18.1 Å². The fourth-order valence-electron chi connectivity index (χ4n) is 2.32. The van der Waals surface area contributed by atoms with Gasteiger partial charge in [0.25, 0.3) is 0 Å². The first kappa shape index (κ1) is 17.8. The molecule has 0 aromatic carbocycles. The van der Waals surface area contributed by atoms with Crippen molar-refractivity contribution in [1.29, 1.82) is 0 Å². The molecule has 0 radical (unpaired) electrons. The molecule has 2 heterocycles. The number of urea groups is 1. The maximum Gasteiger partial charge on any atom is 0.471 e. The molecule has 3 amide bonds. The van der Waals surface area contributed by atoms with E-state index >= 15 is 0 Å². The minimum Gasteiger partial charge on any atom is -0.354 e. The third kappa shape index (κ3) is 5.28. The Hall–Kier alpha value is -2.52. The quantitative estimate of drug-likeness (QED) is 0.684. The zero-order valence-corrected chi connectivity index (χ0v) is 12.8. The maximum absolute atomic E-state index is 12.0. The van der Waals surface area contributed by atoms with Gasteiger partial charge in [-0.2, -0.15) is 13.2 Å². The van der Waals surface area contributed by atoms with Gasteiger partial charge in [0.1, 0.15) is 5.82 Å².